The Bertz CT molecular complexity index is 1120. The molecule has 2 aromatic carbocycles. The number of anilines is 1. The molecule has 0 aliphatic heterocycles. The molecule has 0 fully saturated rings. The van der Waals surface area contributed by atoms with E-state index >= 15 is 0 Å². The Balaban J connectivity index is 1.71. The summed E-state index contributed by atoms with van der Waals surface area (Å²) in [6.45, 7) is 2.20. The minimum absolute atomic E-state index is 0.0106. The van der Waals surface area contributed by atoms with Crippen molar-refractivity contribution in [2.24, 2.45) is 7.05 Å². The molecule has 1 atom stereocenters. The molecule has 0 saturated carbocycles. The van der Waals surface area contributed by atoms with Crippen LogP contribution in [0.25, 0.3) is 11.1 Å². The fourth-order valence-electron chi connectivity index (χ4n) is 4.45. The molecule has 5 heteroatoms. The lowest BCUT2D eigenvalue weighted by molar-refractivity contribution is 0.375. The Morgan fingerprint density at radius 2 is 1.90 bits per heavy atom. The van der Waals surface area contributed by atoms with E-state index in [2.05, 4.69) is 42.2 Å². The summed E-state index contributed by atoms with van der Waals surface area (Å²) >= 11 is 0. The monoisotopic (exact) mass is 389 g/mol. The fraction of sp³-hybridized carbons (Fsp3) is 0.333. The Kier molecular flexibility index (Phi) is 4.91. The number of fused-ring (bicyclic) bond motifs is 1. The molecule has 3 aromatic rings. The number of hydrogen-bond donors (Lipinski definition) is 1. The maximum atomic E-state index is 12.7. The van der Waals surface area contributed by atoms with Crippen molar-refractivity contribution in [1.29, 1.82) is 0 Å². The second-order valence-electron chi connectivity index (χ2n) is 8.18. The Hall–Kier alpha value is -3.08. The quantitative estimate of drug-likeness (QED) is 0.735. The first kappa shape index (κ1) is 19.2. The standard InChI is InChI=1S/C24H27N3O2/c1-24(12-6-11-20-21(24)26-23(25)27(2)22(20)28)15-16-7-4-8-17(13-16)18-9-5-10-19(14-18)29-3/h4-5,7-10,13-14H,6,11-12,15H2,1-3H3,(H2,25,26). The molecule has 1 unspecified atom stereocenters. The minimum Gasteiger partial charge on any atom is -0.497 e. The van der Waals surface area contributed by atoms with E-state index in [-0.39, 0.29) is 16.9 Å². The van der Waals surface area contributed by atoms with Crippen LogP contribution in [0.15, 0.2) is 53.3 Å². The van der Waals surface area contributed by atoms with Crippen molar-refractivity contribution in [2.75, 3.05) is 12.8 Å². The summed E-state index contributed by atoms with van der Waals surface area (Å²) in [6, 6.07) is 16.6. The second kappa shape index (κ2) is 7.39. The number of rotatable bonds is 4. The number of hydrogen-bond acceptors (Lipinski definition) is 4. The van der Waals surface area contributed by atoms with Gasteiger partial charge in [-0.3, -0.25) is 9.36 Å². The van der Waals surface area contributed by atoms with Gasteiger partial charge >= 0.3 is 0 Å². The smallest absolute Gasteiger partial charge is 0.258 e. The van der Waals surface area contributed by atoms with Crippen molar-refractivity contribution in [3.63, 3.8) is 0 Å². The van der Waals surface area contributed by atoms with E-state index < -0.39 is 0 Å². The maximum Gasteiger partial charge on any atom is 0.258 e. The van der Waals surface area contributed by atoms with Gasteiger partial charge in [-0.15, -0.1) is 0 Å². The van der Waals surface area contributed by atoms with Crippen LogP contribution in [0, 0.1) is 0 Å². The highest BCUT2D eigenvalue weighted by Gasteiger charge is 2.36. The van der Waals surface area contributed by atoms with Gasteiger partial charge in [0.05, 0.1) is 12.8 Å². The van der Waals surface area contributed by atoms with Crippen LogP contribution in [0.4, 0.5) is 5.95 Å². The van der Waals surface area contributed by atoms with Crippen molar-refractivity contribution in [3.05, 3.63) is 75.7 Å². The molecule has 4 rings (SSSR count). The molecule has 1 aliphatic rings. The van der Waals surface area contributed by atoms with Crippen LogP contribution < -0.4 is 16.0 Å². The zero-order valence-corrected chi connectivity index (χ0v) is 17.2. The van der Waals surface area contributed by atoms with Crippen molar-refractivity contribution >= 4 is 5.95 Å². The number of nitrogens with two attached hydrogens (primary N) is 1. The largest absolute Gasteiger partial charge is 0.497 e. The Labute approximate surface area is 171 Å². The summed E-state index contributed by atoms with van der Waals surface area (Å²) in [6.07, 6.45) is 3.56. The summed E-state index contributed by atoms with van der Waals surface area (Å²) in [5, 5.41) is 0. The van der Waals surface area contributed by atoms with E-state index in [1.54, 1.807) is 14.2 Å². The van der Waals surface area contributed by atoms with Crippen LogP contribution in [0.5, 0.6) is 5.75 Å². The first-order chi connectivity index (χ1) is 13.9. The van der Waals surface area contributed by atoms with Crippen molar-refractivity contribution < 1.29 is 4.74 Å². The van der Waals surface area contributed by atoms with E-state index in [0.717, 1.165) is 53.8 Å². The fourth-order valence-corrected chi connectivity index (χ4v) is 4.45. The first-order valence-electron chi connectivity index (χ1n) is 10.0. The lowest BCUT2D eigenvalue weighted by Gasteiger charge is -2.35. The van der Waals surface area contributed by atoms with Crippen molar-refractivity contribution in [2.45, 2.75) is 38.0 Å². The van der Waals surface area contributed by atoms with Gasteiger partial charge in [-0.1, -0.05) is 43.3 Å². The molecule has 0 amide bonds. The Morgan fingerprint density at radius 1 is 1.17 bits per heavy atom. The van der Waals surface area contributed by atoms with Gasteiger partial charge in [0.25, 0.3) is 5.56 Å². The molecular formula is C24H27N3O2. The van der Waals surface area contributed by atoms with E-state index in [0.29, 0.717) is 0 Å². The lowest BCUT2D eigenvalue weighted by Crippen LogP contribution is -2.38. The number of methoxy groups -OCH3 is 1. The third-order valence-corrected chi connectivity index (χ3v) is 6.07. The maximum absolute atomic E-state index is 12.7. The van der Waals surface area contributed by atoms with E-state index in [4.69, 9.17) is 10.5 Å². The number of benzene rings is 2. The molecule has 2 N–H and O–H groups in total. The van der Waals surface area contributed by atoms with E-state index in [1.165, 1.54) is 10.1 Å². The van der Waals surface area contributed by atoms with Gasteiger partial charge in [0.1, 0.15) is 5.75 Å². The van der Waals surface area contributed by atoms with Gasteiger partial charge < -0.3 is 10.5 Å². The number of nitrogen functional groups attached to an aromatic ring is 1. The van der Waals surface area contributed by atoms with Crippen LogP contribution in [0.3, 0.4) is 0 Å². The van der Waals surface area contributed by atoms with E-state index in [1.807, 2.05) is 18.2 Å². The van der Waals surface area contributed by atoms with Gasteiger partial charge in [-0.25, -0.2) is 4.98 Å². The second-order valence-corrected chi connectivity index (χ2v) is 8.18. The molecule has 0 bridgehead atoms. The van der Waals surface area contributed by atoms with Crippen LogP contribution >= 0.6 is 0 Å². The summed E-state index contributed by atoms with van der Waals surface area (Å²) < 4.78 is 6.82. The predicted octanol–water partition coefficient (Wildman–Crippen LogP) is 3.87. The molecule has 0 spiro atoms. The predicted molar refractivity (Wildman–Crippen MR) is 116 cm³/mol. The summed E-state index contributed by atoms with van der Waals surface area (Å²) in [4.78, 5) is 17.4. The highest BCUT2D eigenvalue weighted by molar-refractivity contribution is 5.66. The lowest BCUT2D eigenvalue weighted by atomic mass is 9.71. The molecular weight excluding hydrogens is 362 g/mol. The van der Waals surface area contributed by atoms with Crippen LogP contribution in [0.1, 0.15) is 36.6 Å². The van der Waals surface area contributed by atoms with Crippen LogP contribution in [-0.2, 0) is 25.3 Å². The third kappa shape index (κ3) is 3.53. The van der Waals surface area contributed by atoms with Gasteiger partial charge in [0, 0.05) is 18.0 Å². The SMILES string of the molecule is COc1cccc(-c2cccc(CC3(C)CCCc4c3nc(N)n(C)c4=O)c2)c1. The molecule has 1 aliphatic carbocycles. The normalized spacial score (nSPS) is 18.3. The first-order valence-corrected chi connectivity index (χ1v) is 10.0. The average Bonchev–Trinajstić information content (AvgIpc) is 2.73. The Morgan fingerprint density at radius 3 is 2.66 bits per heavy atom. The summed E-state index contributed by atoms with van der Waals surface area (Å²) in [5.41, 5.74) is 11.0. The minimum atomic E-state index is -0.206. The van der Waals surface area contributed by atoms with Crippen LogP contribution in [0.2, 0.25) is 0 Å². The molecule has 150 valence electrons. The van der Waals surface area contributed by atoms with Gasteiger partial charge in [0.15, 0.2) is 0 Å². The van der Waals surface area contributed by atoms with Crippen molar-refractivity contribution in [1.82, 2.24) is 9.55 Å². The van der Waals surface area contributed by atoms with Crippen molar-refractivity contribution in [3.8, 4) is 16.9 Å². The number of ether oxygens (including phenoxy) is 1. The molecule has 0 saturated heterocycles. The van der Waals surface area contributed by atoms with Gasteiger partial charge in [-0.05, 0) is 54.5 Å². The summed E-state index contributed by atoms with van der Waals surface area (Å²) in [7, 11) is 3.37. The zero-order valence-electron chi connectivity index (χ0n) is 17.2. The zero-order chi connectivity index (χ0) is 20.6. The third-order valence-electron chi connectivity index (χ3n) is 6.07. The summed E-state index contributed by atoms with van der Waals surface area (Å²) in [5.74, 6) is 1.13. The molecule has 5 nitrogen and oxygen atoms in total. The van der Waals surface area contributed by atoms with Crippen LogP contribution in [-0.4, -0.2) is 16.7 Å². The average molecular weight is 389 g/mol. The molecule has 0 radical (unpaired) electrons. The molecule has 1 heterocycles. The van der Waals surface area contributed by atoms with Gasteiger partial charge in [0.2, 0.25) is 5.95 Å². The molecule has 29 heavy (non-hydrogen) atoms. The highest BCUT2D eigenvalue weighted by atomic mass is 16.5. The topological polar surface area (TPSA) is 70.1 Å². The number of nitrogens with zero attached hydrogens (tertiary/aromatic N) is 2. The van der Waals surface area contributed by atoms with E-state index in [9.17, 15) is 4.79 Å². The number of aromatic nitrogens is 2. The van der Waals surface area contributed by atoms with Gasteiger partial charge in [-0.2, -0.15) is 0 Å². The highest BCUT2D eigenvalue weighted by Crippen LogP contribution is 2.38. The molecule has 1 aromatic heterocycles.